The average molecular weight is 626 g/mol. The number of amides is 3. The summed E-state index contributed by atoms with van der Waals surface area (Å²) >= 11 is 0. The summed E-state index contributed by atoms with van der Waals surface area (Å²) in [6.07, 6.45) is 1.12. The largest absolute Gasteiger partial charge is 0.507 e. The van der Waals surface area contributed by atoms with Crippen LogP contribution >= 0.6 is 0 Å². The monoisotopic (exact) mass is 625 g/mol. The molecular formula is C34H47N3O8. The van der Waals surface area contributed by atoms with Crippen molar-refractivity contribution < 1.29 is 38.9 Å². The van der Waals surface area contributed by atoms with Crippen LogP contribution < -0.4 is 10.6 Å². The predicted octanol–water partition coefficient (Wildman–Crippen LogP) is 4.08. The Morgan fingerprint density at radius 3 is 2.04 bits per heavy atom. The van der Waals surface area contributed by atoms with E-state index in [0.717, 1.165) is 12.0 Å². The van der Waals surface area contributed by atoms with E-state index in [1.807, 2.05) is 30.3 Å². The zero-order valence-electron chi connectivity index (χ0n) is 27.3. The molecule has 0 bridgehead atoms. The molecule has 2 aromatic carbocycles. The minimum absolute atomic E-state index is 0.116. The summed E-state index contributed by atoms with van der Waals surface area (Å²) in [5.41, 5.74) is -0.293. The van der Waals surface area contributed by atoms with Gasteiger partial charge in [-0.3, -0.25) is 9.59 Å². The van der Waals surface area contributed by atoms with Crippen molar-refractivity contribution >= 4 is 23.9 Å². The first kappa shape index (κ1) is 35.4. The summed E-state index contributed by atoms with van der Waals surface area (Å²) in [5.74, 6) is -2.30. The van der Waals surface area contributed by atoms with Crippen LogP contribution in [-0.4, -0.2) is 74.9 Å². The minimum Gasteiger partial charge on any atom is -0.507 e. The Morgan fingerprint density at radius 2 is 1.51 bits per heavy atom. The Hall–Kier alpha value is -4.12. The van der Waals surface area contributed by atoms with Gasteiger partial charge in [-0.2, -0.15) is 0 Å². The lowest BCUT2D eigenvalue weighted by molar-refractivity contribution is -0.159. The highest BCUT2D eigenvalue weighted by Crippen LogP contribution is 2.38. The third-order valence-electron chi connectivity index (χ3n) is 7.27. The third kappa shape index (κ3) is 9.94. The molecule has 0 radical (unpaired) electrons. The van der Waals surface area contributed by atoms with Gasteiger partial charge in [0.25, 0.3) is 0 Å². The number of carbonyl (C=O) groups is 4. The van der Waals surface area contributed by atoms with Crippen LogP contribution in [0.25, 0.3) is 0 Å². The lowest BCUT2D eigenvalue weighted by atomic mass is 9.87. The molecule has 0 aliphatic heterocycles. The van der Waals surface area contributed by atoms with Crippen molar-refractivity contribution in [3.8, 4) is 5.75 Å². The molecule has 3 rings (SSSR count). The Labute approximate surface area is 265 Å². The van der Waals surface area contributed by atoms with Crippen molar-refractivity contribution in [3.63, 3.8) is 0 Å². The number of phenols is 1. The van der Waals surface area contributed by atoms with E-state index >= 15 is 0 Å². The van der Waals surface area contributed by atoms with Gasteiger partial charge in [-0.05, 0) is 78.9 Å². The summed E-state index contributed by atoms with van der Waals surface area (Å²) < 4.78 is 11.0. The number of nitrogens with zero attached hydrogens (tertiary/aromatic N) is 1. The van der Waals surface area contributed by atoms with Gasteiger partial charge in [0.05, 0.1) is 6.61 Å². The molecule has 3 amide bonds. The maximum atomic E-state index is 14.4. The molecule has 2 aromatic rings. The van der Waals surface area contributed by atoms with Crippen LogP contribution in [0.3, 0.4) is 0 Å². The SMILES string of the molecule is Cc1cccc(C(C(=O)NC(Cc2ccccc2)C(=O)OC(C)(C)C)N(C(=O)C(CO)NC(=O)OC(C)(C)C)C2CCC2)c1O. The lowest BCUT2D eigenvalue weighted by Gasteiger charge is -2.43. The summed E-state index contributed by atoms with van der Waals surface area (Å²) in [7, 11) is 0. The quantitative estimate of drug-likeness (QED) is 0.273. The fourth-order valence-corrected chi connectivity index (χ4v) is 4.98. The topological polar surface area (TPSA) is 154 Å². The minimum atomic E-state index is -1.44. The van der Waals surface area contributed by atoms with Gasteiger partial charge < -0.3 is 35.2 Å². The number of ether oxygens (including phenoxy) is 2. The highest BCUT2D eigenvalue weighted by molar-refractivity contribution is 5.94. The van der Waals surface area contributed by atoms with Crippen LogP contribution in [0, 0.1) is 6.92 Å². The molecule has 1 aliphatic carbocycles. The van der Waals surface area contributed by atoms with Gasteiger partial charge >= 0.3 is 12.1 Å². The first-order valence-corrected chi connectivity index (χ1v) is 15.3. The van der Waals surface area contributed by atoms with Crippen molar-refractivity contribution in [2.75, 3.05) is 6.61 Å². The number of esters is 1. The smallest absolute Gasteiger partial charge is 0.408 e. The van der Waals surface area contributed by atoms with Crippen LogP contribution in [0.4, 0.5) is 4.79 Å². The average Bonchev–Trinajstić information content (AvgIpc) is 2.90. The van der Waals surface area contributed by atoms with Gasteiger partial charge in [0, 0.05) is 18.0 Å². The number of benzene rings is 2. The number of hydrogen-bond acceptors (Lipinski definition) is 8. The predicted molar refractivity (Wildman–Crippen MR) is 168 cm³/mol. The van der Waals surface area contributed by atoms with Crippen LogP contribution in [-0.2, 0) is 30.3 Å². The molecule has 0 spiro atoms. The van der Waals surface area contributed by atoms with Gasteiger partial charge in [-0.25, -0.2) is 9.59 Å². The maximum absolute atomic E-state index is 14.4. The van der Waals surface area contributed by atoms with Crippen LogP contribution in [0.1, 0.15) is 83.5 Å². The molecule has 11 nitrogen and oxygen atoms in total. The van der Waals surface area contributed by atoms with E-state index < -0.39 is 65.9 Å². The van der Waals surface area contributed by atoms with Crippen molar-refractivity contribution in [2.24, 2.45) is 0 Å². The number of aromatic hydroxyl groups is 1. The Morgan fingerprint density at radius 1 is 0.889 bits per heavy atom. The standard InChI is InChI=1S/C34H47N3O8/c1-21-13-11-18-24(28(21)39)27(29(40)35-25(31(42)44-33(2,3)4)19-22-14-9-8-10-15-22)37(23-16-12-17-23)30(41)26(20-38)36-32(43)45-34(5,6)7/h8-11,13-15,18,23,25-27,38-39H,12,16-17,19-20H2,1-7H3,(H,35,40)(H,36,43). The Bertz CT molecular complexity index is 1350. The zero-order chi connectivity index (χ0) is 33.5. The summed E-state index contributed by atoms with van der Waals surface area (Å²) in [4.78, 5) is 55.9. The van der Waals surface area contributed by atoms with E-state index in [1.54, 1.807) is 66.7 Å². The first-order chi connectivity index (χ1) is 21.0. The van der Waals surface area contributed by atoms with Gasteiger partial charge in [-0.1, -0.05) is 48.5 Å². The molecule has 1 aliphatic rings. The molecule has 1 fully saturated rings. The molecule has 11 heteroatoms. The van der Waals surface area contributed by atoms with Gasteiger partial charge in [0.15, 0.2) is 0 Å². The third-order valence-corrected chi connectivity index (χ3v) is 7.27. The molecular weight excluding hydrogens is 578 g/mol. The zero-order valence-corrected chi connectivity index (χ0v) is 27.3. The van der Waals surface area contributed by atoms with E-state index in [4.69, 9.17) is 9.47 Å². The van der Waals surface area contributed by atoms with Crippen LogP contribution in [0.5, 0.6) is 5.75 Å². The molecule has 0 saturated heterocycles. The summed E-state index contributed by atoms with van der Waals surface area (Å²) in [6, 6.07) is 9.60. The molecule has 3 unspecified atom stereocenters. The molecule has 0 heterocycles. The highest BCUT2D eigenvalue weighted by atomic mass is 16.6. The molecule has 246 valence electrons. The fraction of sp³-hybridized carbons (Fsp3) is 0.529. The number of hydrogen-bond donors (Lipinski definition) is 4. The van der Waals surface area contributed by atoms with E-state index in [0.29, 0.717) is 18.4 Å². The van der Waals surface area contributed by atoms with Gasteiger partial charge in [-0.15, -0.1) is 0 Å². The number of aryl methyl sites for hydroxylation is 1. The second-order valence-electron chi connectivity index (χ2n) is 13.4. The van der Waals surface area contributed by atoms with Crippen molar-refractivity contribution in [2.45, 2.75) is 110 Å². The molecule has 3 atom stereocenters. The van der Waals surface area contributed by atoms with Crippen LogP contribution in [0.2, 0.25) is 0 Å². The van der Waals surface area contributed by atoms with E-state index in [1.165, 1.54) is 4.90 Å². The van der Waals surface area contributed by atoms with Crippen molar-refractivity contribution in [1.29, 1.82) is 0 Å². The Balaban J connectivity index is 2.06. The molecule has 0 aromatic heterocycles. The molecule has 4 N–H and O–H groups in total. The summed E-state index contributed by atoms with van der Waals surface area (Å²) in [5, 5.41) is 26.6. The number of nitrogens with one attached hydrogen (secondary N) is 2. The normalized spacial score (nSPS) is 15.6. The number of aliphatic hydroxyl groups excluding tert-OH is 1. The summed E-state index contributed by atoms with van der Waals surface area (Å²) in [6.45, 7) is 11.1. The van der Waals surface area contributed by atoms with Crippen LogP contribution in [0.15, 0.2) is 48.5 Å². The second kappa shape index (κ2) is 14.8. The number of alkyl carbamates (subject to hydrolysis) is 1. The van der Waals surface area contributed by atoms with Crippen molar-refractivity contribution in [1.82, 2.24) is 15.5 Å². The fourth-order valence-electron chi connectivity index (χ4n) is 4.98. The number of carbonyl (C=O) groups excluding carboxylic acids is 4. The van der Waals surface area contributed by atoms with E-state index in [-0.39, 0.29) is 17.7 Å². The first-order valence-electron chi connectivity index (χ1n) is 15.3. The number of rotatable bonds is 11. The highest BCUT2D eigenvalue weighted by Gasteiger charge is 2.44. The number of para-hydroxylation sites is 1. The Kier molecular flexibility index (Phi) is 11.6. The lowest BCUT2D eigenvalue weighted by Crippen LogP contribution is -2.59. The van der Waals surface area contributed by atoms with Gasteiger partial charge in [0.2, 0.25) is 11.8 Å². The van der Waals surface area contributed by atoms with E-state index in [2.05, 4.69) is 10.6 Å². The maximum Gasteiger partial charge on any atom is 0.408 e. The molecule has 45 heavy (non-hydrogen) atoms. The second-order valence-corrected chi connectivity index (χ2v) is 13.4. The van der Waals surface area contributed by atoms with Crippen molar-refractivity contribution in [3.05, 3.63) is 65.2 Å². The number of aliphatic hydroxyl groups is 1. The molecule has 1 saturated carbocycles. The van der Waals surface area contributed by atoms with Gasteiger partial charge in [0.1, 0.15) is 35.1 Å². The number of phenolic OH excluding ortho intramolecular Hbond substituents is 1. The van der Waals surface area contributed by atoms with E-state index in [9.17, 15) is 29.4 Å².